The molecular weight excluding hydrogens is 260 g/mol. The Kier molecular flexibility index (Phi) is 4.12. The minimum atomic E-state index is -0.696. The molecule has 108 valence electrons. The van der Waals surface area contributed by atoms with Crippen LogP contribution in [0.3, 0.4) is 0 Å². The number of hydrogen-bond acceptors (Lipinski definition) is 4. The Labute approximate surface area is 117 Å². The molecular formula is C14H18N2O4. The van der Waals surface area contributed by atoms with E-state index in [-0.39, 0.29) is 12.1 Å². The average Bonchev–Trinajstić information content (AvgIpc) is 2.45. The maximum absolute atomic E-state index is 12.3. The highest BCUT2D eigenvalue weighted by Crippen LogP contribution is 2.32. The van der Waals surface area contributed by atoms with Crippen LogP contribution in [-0.4, -0.2) is 37.8 Å². The molecule has 0 saturated heterocycles. The van der Waals surface area contributed by atoms with Gasteiger partial charge in [-0.15, -0.1) is 0 Å². The number of para-hydroxylation sites is 2. The summed E-state index contributed by atoms with van der Waals surface area (Å²) < 4.78 is 10.3. The Bertz CT molecular complexity index is 518. The fraction of sp³-hybridized carbons (Fsp3) is 0.429. The molecule has 0 aromatic heterocycles. The lowest BCUT2D eigenvalue weighted by Crippen LogP contribution is -2.51. The highest BCUT2D eigenvalue weighted by molar-refractivity contribution is 5.96. The molecule has 2 amide bonds. The maximum Gasteiger partial charge on any atom is 0.328 e. The smallest absolute Gasteiger partial charge is 0.328 e. The number of carbonyl (C=O) groups excluding carboxylic acids is 2. The lowest BCUT2D eigenvalue weighted by Gasteiger charge is -2.33. The van der Waals surface area contributed by atoms with Crippen LogP contribution in [0.2, 0.25) is 0 Å². The van der Waals surface area contributed by atoms with Crippen molar-refractivity contribution in [2.75, 3.05) is 18.6 Å². The minimum absolute atomic E-state index is 0.107. The summed E-state index contributed by atoms with van der Waals surface area (Å²) in [6, 6.07) is 6.27. The fourth-order valence-electron chi connectivity index (χ4n) is 2.08. The molecule has 6 nitrogen and oxygen atoms in total. The Hall–Kier alpha value is -2.24. The van der Waals surface area contributed by atoms with Crippen LogP contribution < -0.4 is 15.0 Å². The summed E-state index contributed by atoms with van der Waals surface area (Å²) in [6.07, 6.45) is -0.107. The SMILES string of the molecule is COC(=O)[C@@H](C)NC(=O)N1C[C@@H](C)Oc2ccccc21. The van der Waals surface area contributed by atoms with Crippen LogP contribution in [0, 0.1) is 0 Å². The number of anilines is 1. The Morgan fingerprint density at radius 1 is 1.45 bits per heavy atom. The summed E-state index contributed by atoms with van der Waals surface area (Å²) in [7, 11) is 1.29. The number of esters is 1. The van der Waals surface area contributed by atoms with Crippen LogP contribution in [0.1, 0.15) is 13.8 Å². The molecule has 0 spiro atoms. The normalized spacial score (nSPS) is 18.6. The van der Waals surface area contributed by atoms with Gasteiger partial charge in [-0.2, -0.15) is 0 Å². The average molecular weight is 278 g/mol. The number of nitrogens with one attached hydrogen (secondary N) is 1. The Balaban J connectivity index is 2.16. The van der Waals surface area contributed by atoms with Gasteiger partial charge in [0.25, 0.3) is 0 Å². The van der Waals surface area contributed by atoms with Gasteiger partial charge in [0.1, 0.15) is 17.9 Å². The quantitative estimate of drug-likeness (QED) is 0.833. The number of urea groups is 1. The summed E-state index contributed by atoms with van der Waals surface area (Å²) in [6.45, 7) is 3.90. The van der Waals surface area contributed by atoms with Crippen LogP contribution in [0.25, 0.3) is 0 Å². The first-order valence-electron chi connectivity index (χ1n) is 6.44. The van der Waals surface area contributed by atoms with Crippen molar-refractivity contribution in [3.63, 3.8) is 0 Å². The third kappa shape index (κ3) is 2.84. The van der Waals surface area contributed by atoms with E-state index in [4.69, 9.17) is 4.74 Å². The summed E-state index contributed by atoms with van der Waals surface area (Å²) in [4.78, 5) is 25.2. The zero-order chi connectivity index (χ0) is 14.7. The van der Waals surface area contributed by atoms with E-state index < -0.39 is 12.0 Å². The van der Waals surface area contributed by atoms with E-state index in [0.717, 1.165) is 0 Å². The van der Waals surface area contributed by atoms with E-state index in [1.807, 2.05) is 31.2 Å². The minimum Gasteiger partial charge on any atom is -0.487 e. The summed E-state index contributed by atoms with van der Waals surface area (Å²) in [5, 5.41) is 2.62. The first-order valence-corrected chi connectivity index (χ1v) is 6.44. The van der Waals surface area contributed by atoms with Crippen LogP contribution >= 0.6 is 0 Å². The van der Waals surface area contributed by atoms with Crippen molar-refractivity contribution < 1.29 is 19.1 Å². The van der Waals surface area contributed by atoms with Crippen molar-refractivity contribution in [2.24, 2.45) is 0 Å². The number of nitrogens with zero attached hydrogens (tertiary/aromatic N) is 1. The molecule has 0 unspecified atom stereocenters. The molecule has 1 heterocycles. The summed E-state index contributed by atoms with van der Waals surface area (Å²) in [5.41, 5.74) is 0.695. The van der Waals surface area contributed by atoms with Crippen molar-refractivity contribution >= 4 is 17.7 Å². The van der Waals surface area contributed by atoms with Gasteiger partial charge in [0, 0.05) is 0 Å². The fourth-order valence-corrected chi connectivity index (χ4v) is 2.08. The number of rotatable bonds is 2. The number of fused-ring (bicyclic) bond motifs is 1. The van der Waals surface area contributed by atoms with Gasteiger partial charge in [0.2, 0.25) is 0 Å². The van der Waals surface area contributed by atoms with Crippen LogP contribution in [0.5, 0.6) is 5.75 Å². The number of methoxy groups -OCH3 is 1. The molecule has 1 aromatic rings. The van der Waals surface area contributed by atoms with Gasteiger partial charge >= 0.3 is 12.0 Å². The zero-order valence-electron chi connectivity index (χ0n) is 11.8. The molecule has 20 heavy (non-hydrogen) atoms. The van der Waals surface area contributed by atoms with Crippen molar-refractivity contribution in [1.82, 2.24) is 5.32 Å². The molecule has 0 saturated carbocycles. The lowest BCUT2D eigenvalue weighted by atomic mass is 10.2. The van der Waals surface area contributed by atoms with Crippen molar-refractivity contribution in [3.05, 3.63) is 24.3 Å². The summed E-state index contributed by atoms with van der Waals surface area (Å²) in [5.74, 6) is 0.181. The molecule has 0 aliphatic carbocycles. The second-order valence-electron chi connectivity index (χ2n) is 4.70. The second kappa shape index (κ2) is 5.81. The van der Waals surface area contributed by atoms with Gasteiger partial charge in [-0.25, -0.2) is 9.59 Å². The van der Waals surface area contributed by atoms with Gasteiger partial charge in [-0.05, 0) is 26.0 Å². The second-order valence-corrected chi connectivity index (χ2v) is 4.70. The first-order chi connectivity index (χ1) is 9.52. The number of amides is 2. The molecule has 0 bridgehead atoms. The molecule has 0 fully saturated rings. The van der Waals surface area contributed by atoms with Crippen LogP contribution in [0.15, 0.2) is 24.3 Å². The van der Waals surface area contributed by atoms with Gasteiger partial charge in [-0.1, -0.05) is 12.1 Å². The molecule has 1 aliphatic heterocycles. The lowest BCUT2D eigenvalue weighted by molar-refractivity contribution is -0.142. The molecule has 0 radical (unpaired) electrons. The number of hydrogen-bond donors (Lipinski definition) is 1. The zero-order valence-corrected chi connectivity index (χ0v) is 11.8. The van der Waals surface area contributed by atoms with Crippen molar-refractivity contribution in [2.45, 2.75) is 26.0 Å². The molecule has 1 aliphatic rings. The molecule has 2 rings (SSSR count). The monoisotopic (exact) mass is 278 g/mol. The van der Waals surface area contributed by atoms with Gasteiger partial charge in [0.15, 0.2) is 0 Å². The Morgan fingerprint density at radius 2 is 2.15 bits per heavy atom. The van der Waals surface area contributed by atoms with E-state index in [1.165, 1.54) is 7.11 Å². The predicted octanol–water partition coefficient (Wildman–Crippen LogP) is 1.54. The molecule has 1 N–H and O–H groups in total. The largest absolute Gasteiger partial charge is 0.487 e. The van der Waals surface area contributed by atoms with E-state index >= 15 is 0 Å². The van der Waals surface area contributed by atoms with E-state index in [1.54, 1.807) is 11.8 Å². The van der Waals surface area contributed by atoms with Gasteiger partial charge in [-0.3, -0.25) is 4.90 Å². The molecule has 6 heteroatoms. The highest BCUT2D eigenvalue weighted by atomic mass is 16.5. The van der Waals surface area contributed by atoms with Gasteiger partial charge < -0.3 is 14.8 Å². The first kappa shape index (κ1) is 14.2. The highest BCUT2D eigenvalue weighted by Gasteiger charge is 2.29. The number of carbonyl (C=O) groups is 2. The number of ether oxygens (including phenoxy) is 2. The van der Waals surface area contributed by atoms with Gasteiger partial charge in [0.05, 0.1) is 19.3 Å². The van der Waals surface area contributed by atoms with E-state index in [9.17, 15) is 9.59 Å². The Morgan fingerprint density at radius 3 is 2.85 bits per heavy atom. The van der Waals surface area contributed by atoms with E-state index in [0.29, 0.717) is 18.0 Å². The van der Waals surface area contributed by atoms with Crippen molar-refractivity contribution in [1.29, 1.82) is 0 Å². The van der Waals surface area contributed by atoms with Crippen LogP contribution in [0.4, 0.5) is 10.5 Å². The predicted molar refractivity (Wildman–Crippen MR) is 73.9 cm³/mol. The standard InChI is InChI=1S/C14H18N2O4/c1-9-8-16(11-6-4-5-7-12(11)20-9)14(18)15-10(2)13(17)19-3/h4-7,9-10H,8H2,1-3H3,(H,15,18)/t9-,10-/m1/s1. The third-order valence-electron chi connectivity index (χ3n) is 3.06. The van der Waals surface area contributed by atoms with Crippen molar-refractivity contribution in [3.8, 4) is 5.75 Å². The third-order valence-corrected chi connectivity index (χ3v) is 3.06. The van der Waals surface area contributed by atoms with E-state index in [2.05, 4.69) is 10.1 Å². The number of benzene rings is 1. The van der Waals surface area contributed by atoms with Crippen LogP contribution in [-0.2, 0) is 9.53 Å². The molecule has 2 atom stereocenters. The maximum atomic E-state index is 12.3. The topological polar surface area (TPSA) is 67.9 Å². The summed E-state index contributed by atoms with van der Waals surface area (Å²) >= 11 is 0. The molecule has 1 aromatic carbocycles.